The van der Waals surface area contributed by atoms with Crippen molar-refractivity contribution in [2.24, 2.45) is 0 Å². The zero-order chi connectivity index (χ0) is 23.2. The quantitative estimate of drug-likeness (QED) is 0.490. The molecule has 162 valence electrons. The number of carbonyl (C=O) groups excluding carboxylic acids is 2. The van der Waals surface area contributed by atoms with Gasteiger partial charge in [0.1, 0.15) is 11.5 Å². The van der Waals surface area contributed by atoms with Crippen LogP contribution in [0.25, 0.3) is 5.57 Å². The summed E-state index contributed by atoms with van der Waals surface area (Å²) in [6.45, 7) is 7.79. The van der Waals surface area contributed by atoms with Gasteiger partial charge in [-0.2, -0.15) is 0 Å². The highest BCUT2D eigenvalue weighted by Gasteiger charge is 2.41. The Bertz CT molecular complexity index is 1310. The van der Waals surface area contributed by atoms with Crippen LogP contribution in [0.5, 0.6) is 0 Å². The molecule has 0 radical (unpaired) electrons. The molecule has 32 heavy (non-hydrogen) atoms. The van der Waals surface area contributed by atoms with Gasteiger partial charge in [0.2, 0.25) is 0 Å². The van der Waals surface area contributed by atoms with Crippen LogP contribution in [0.1, 0.15) is 27.8 Å². The maximum absolute atomic E-state index is 13.7. The van der Waals surface area contributed by atoms with Gasteiger partial charge in [0.05, 0.1) is 16.3 Å². The maximum atomic E-state index is 13.7. The van der Waals surface area contributed by atoms with E-state index in [0.717, 1.165) is 38.9 Å². The highest BCUT2D eigenvalue weighted by atomic mass is 35.5. The summed E-state index contributed by atoms with van der Waals surface area (Å²) in [5.41, 5.74) is 6.02. The molecule has 1 aliphatic heterocycles. The Morgan fingerprint density at radius 3 is 2.09 bits per heavy atom. The first-order chi connectivity index (χ1) is 15.2. The third kappa shape index (κ3) is 3.80. The number of hydrogen-bond donors (Lipinski definition) is 1. The lowest BCUT2D eigenvalue weighted by Crippen LogP contribution is -2.32. The number of rotatable bonds is 4. The van der Waals surface area contributed by atoms with Crippen LogP contribution >= 0.6 is 11.6 Å². The Balaban J connectivity index is 1.88. The minimum Gasteiger partial charge on any atom is -0.350 e. The highest BCUT2D eigenvalue weighted by molar-refractivity contribution is 6.46. The summed E-state index contributed by atoms with van der Waals surface area (Å²) in [6, 6.07) is 15.3. The van der Waals surface area contributed by atoms with Gasteiger partial charge in [0, 0.05) is 5.69 Å². The predicted octanol–water partition coefficient (Wildman–Crippen LogP) is 6.11. The monoisotopic (exact) mass is 448 g/mol. The molecule has 0 aromatic heterocycles. The fourth-order valence-corrected chi connectivity index (χ4v) is 4.11. The van der Waals surface area contributed by atoms with E-state index in [1.54, 1.807) is 0 Å². The number of benzene rings is 3. The van der Waals surface area contributed by atoms with E-state index < -0.39 is 17.6 Å². The van der Waals surface area contributed by atoms with E-state index in [2.05, 4.69) is 5.32 Å². The van der Waals surface area contributed by atoms with Crippen LogP contribution < -0.4 is 10.2 Å². The Morgan fingerprint density at radius 2 is 1.47 bits per heavy atom. The van der Waals surface area contributed by atoms with E-state index in [1.807, 2.05) is 64.1 Å². The molecule has 0 bridgehead atoms. The Labute approximate surface area is 191 Å². The summed E-state index contributed by atoms with van der Waals surface area (Å²) in [4.78, 5) is 28.1. The molecule has 6 heteroatoms. The number of halogens is 2. The van der Waals surface area contributed by atoms with E-state index in [-0.39, 0.29) is 22.0 Å². The molecule has 0 aliphatic carbocycles. The SMILES string of the molecule is Cc1ccc(NC2=C(c3ccc(C)cc3C)C(=O)N(c3ccc(F)c(Cl)c3)C2=O)c(C)c1. The van der Waals surface area contributed by atoms with Crippen LogP contribution in [0.3, 0.4) is 0 Å². The highest BCUT2D eigenvalue weighted by Crippen LogP contribution is 2.36. The first-order valence-corrected chi connectivity index (χ1v) is 10.5. The number of nitrogens with one attached hydrogen (secondary N) is 1. The molecular weight excluding hydrogens is 427 g/mol. The van der Waals surface area contributed by atoms with E-state index in [4.69, 9.17) is 11.6 Å². The third-order valence-corrected chi connectivity index (χ3v) is 5.83. The van der Waals surface area contributed by atoms with Crippen LogP contribution in [0.4, 0.5) is 15.8 Å². The lowest BCUT2D eigenvalue weighted by molar-refractivity contribution is -0.120. The van der Waals surface area contributed by atoms with Gasteiger partial charge < -0.3 is 5.32 Å². The average molecular weight is 449 g/mol. The summed E-state index contributed by atoms with van der Waals surface area (Å²) in [5.74, 6) is -1.63. The van der Waals surface area contributed by atoms with Crippen molar-refractivity contribution in [1.82, 2.24) is 0 Å². The molecule has 0 atom stereocenters. The lowest BCUT2D eigenvalue weighted by Gasteiger charge is -2.16. The van der Waals surface area contributed by atoms with Crippen molar-refractivity contribution < 1.29 is 14.0 Å². The van der Waals surface area contributed by atoms with E-state index >= 15 is 0 Å². The molecule has 3 aromatic carbocycles. The molecule has 1 aliphatic rings. The number of amides is 2. The second-order valence-electron chi connectivity index (χ2n) is 8.06. The van der Waals surface area contributed by atoms with Gasteiger partial charge in [-0.15, -0.1) is 0 Å². The molecule has 1 heterocycles. The minimum atomic E-state index is -0.620. The lowest BCUT2D eigenvalue weighted by atomic mass is 9.97. The van der Waals surface area contributed by atoms with Gasteiger partial charge >= 0.3 is 0 Å². The van der Waals surface area contributed by atoms with Gasteiger partial charge in [0.25, 0.3) is 11.8 Å². The van der Waals surface area contributed by atoms with Crippen LogP contribution in [-0.4, -0.2) is 11.8 Å². The maximum Gasteiger partial charge on any atom is 0.282 e. The second-order valence-corrected chi connectivity index (χ2v) is 8.46. The van der Waals surface area contributed by atoms with E-state index in [9.17, 15) is 14.0 Å². The van der Waals surface area contributed by atoms with Gasteiger partial charge in [-0.1, -0.05) is 53.1 Å². The van der Waals surface area contributed by atoms with Crippen LogP contribution in [-0.2, 0) is 9.59 Å². The van der Waals surface area contributed by atoms with Gasteiger partial charge in [-0.25, -0.2) is 9.29 Å². The largest absolute Gasteiger partial charge is 0.350 e. The number of aryl methyl sites for hydroxylation is 4. The van der Waals surface area contributed by atoms with E-state index in [0.29, 0.717) is 5.56 Å². The number of nitrogens with zero attached hydrogens (tertiary/aromatic N) is 1. The second kappa shape index (κ2) is 8.24. The van der Waals surface area contributed by atoms with Crippen LogP contribution in [0.2, 0.25) is 5.02 Å². The van der Waals surface area contributed by atoms with Crippen molar-refractivity contribution in [3.05, 3.63) is 99.0 Å². The van der Waals surface area contributed by atoms with Crippen molar-refractivity contribution >= 4 is 40.4 Å². The molecule has 1 N–H and O–H groups in total. The van der Waals surface area contributed by atoms with E-state index in [1.165, 1.54) is 12.1 Å². The van der Waals surface area contributed by atoms with Gasteiger partial charge in [0.15, 0.2) is 0 Å². The average Bonchev–Trinajstić information content (AvgIpc) is 2.96. The van der Waals surface area contributed by atoms with Crippen molar-refractivity contribution in [1.29, 1.82) is 0 Å². The fraction of sp³-hybridized carbons (Fsp3) is 0.154. The fourth-order valence-electron chi connectivity index (χ4n) is 3.94. The Hall–Kier alpha value is -3.44. The topological polar surface area (TPSA) is 49.4 Å². The van der Waals surface area contributed by atoms with Gasteiger partial charge in [-0.05, 0) is 68.7 Å². The third-order valence-electron chi connectivity index (χ3n) is 5.54. The van der Waals surface area contributed by atoms with Crippen LogP contribution in [0, 0.1) is 33.5 Å². The zero-order valence-corrected chi connectivity index (χ0v) is 19.0. The van der Waals surface area contributed by atoms with Crippen LogP contribution in [0.15, 0.2) is 60.3 Å². The summed E-state index contributed by atoms with van der Waals surface area (Å²) in [7, 11) is 0. The number of hydrogen-bond acceptors (Lipinski definition) is 3. The standard InChI is InChI=1S/C26H22ClFN2O2/c1-14-5-8-19(16(3)11-14)23-24(29-22-10-6-15(2)12-17(22)4)26(32)30(25(23)31)18-7-9-21(28)20(27)13-18/h5-13,29H,1-4H3. The number of anilines is 2. The molecule has 0 unspecified atom stereocenters. The molecule has 0 saturated heterocycles. The van der Waals surface area contributed by atoms with Crippen molar-refractivity contribution in [3.63, 3.8) is 0 Å². The zero-order valence-electron chi connectivity index (χ0n) is 18.2. The van der Waals surface area contributed by atoms with Crippen molar-refractivity contribution in [2.45, 2.75) is 27.7 Å². The molecule has 4 nitrogen and oxygen atoms in total. The predicted molar refractivity (Wildman–Crippen MR) is 126 cm³/mol. The summed E-state index contributed by atoms with van der Waals surface area (Å²) < 4.78 is 13.7. The molecule has 3 aromatic rings. The smallest absolute Gasteiger partial charge is 0.282 e. The van der Waals surface area contributed by atoms with Crippen molar-refractivity contribution in [2.75, 3.05) is 10.2 Å². The molecule has 0 fully saturated rings. The molecule has 0 spiro atoms. The van der Waals surface area contributed by atoms with Gasteiger partial charge in [-0.3, -0.25) is 9.59 Å². The summed E-state index contributed by atoms with van der Waals surface area (Å²) in [6.07, 6.45) is 0. The summed E-state index contributed by atoms with van der Waals surface area (Å²) in [5, 5.41) is 3.03. The van der Waals surface area contributed by atoms with Crippen molar-refractivity contribution in [3.8, 4) is 0 Å². The first kappa shape index (κ1) is 21.8. The Morgan fingerprint density at radius 1 is 0.812 bits per heavy atom. The molecule has 0 saturated carbocycles. The minimum absolute atomic E-state index is 0.160. The first-order valence-electron chi connectivity index (χ1n) is 10.2. The molecule has 2 amide bonds. The Kier molecular flexibility index (Phi) is 5.61. The molecular formula is C26H22ClFN2O2. The molecule has 4 rings (SSSR count). The normalized spacial score (nSPS) is 13.9. The summed E-state index contributed by atoms with van der Waals surface area (Å²) >= 11 is 5.93. The number of carbonyl (C=O) groups is 2. The number of imide groups is 1.